The zero-order chi connectivity index (χ0) is 16.6. The van der Waals surface area contributed by atoms with Crippen LogP contribution in [0.5, 0.6) is 0 Å². The van der Waals surface area contributed by atoms with Gasteiger partial charge in [-0.15, -0.1) is 0 Å². The molecule has 3 aliphatic carbocycles. The van der Waals surface area contributed by atoms with Gasteiger partial charge in [-0.05, 0) is 82.5 Å². The summed E-state index contributed by atoms with van der Waals surface area (Å²) in [6.07, 6.45) is 6.31. The molecule has 0 N–H and O–H groups in total. The highest BCUT2D eigenvalue weighted by atomic mass is 16.6. The van der Waals surface area contributed by atoms with E-state index in [2.05, 4.69) is 27.7 Å². The van der Waals surface area contributed by atoms with Gasteiger partial charge in [0, 0.05) is 5.92 Å². The zero-order valence-electron chi connectivity index (χ0n) is 15.6. The number of hydrogen-bond acceptors (Lipinski definition) is 2. The Morgan fingerprint density at radius 2 is 1.68 bits per heavy atom. The van der Waals surface area contributed by atoms with Crippen LogP contribution < -0.4 is 0 Å². The first kappa shape index (κ1) is 16.3. The molecule has 0 aliphatic heterocycles. The van der Waals surface area contributed by atoms with Crippen molar-refractivity contribution >= 4 is 5.97 Å². The summed E-state index contributed by atoms with van der Waals surface area (Å²) < 4.78 is 6.17. The van der Waals surface area contributed by atoms with Gasteiger partial charge in [0.05, 0.1) is 5.41 Å². The summed E-state index contributed by atoms with van der Waals surface area (Å²) in [6, 6.07) is 0. The molecule has 5 unspecified atom stereocenters. The van der Waals surface area contributed by atoms with Crippen LogP contribution in [0.15, 0.2) is 0 Å². The molecule has 5 atom stereocenters. The highest BCUT2D eigenvalue weighted by Crippen LogP contribution is 2.73. The van der Waals surface area contributed by atoms with Crippen molar-refractivity contribution in [1.29, 1.82) is 0 Å². The Balaban J connectivity index is 1.91. The van der Waals surface area contributed by atoms with E-state index in [1.54, 1.807) is 0 Å². The molecule has 2 nitrogen and oxygen atoms in total. The summed E-state index contributed by atoms with van der Waals surface area (Å²) in [7, 11) is 0. The normalized spacial score (nSPS) is 46.4. The second-order valence-corrected chi connectivity index (χ2v) is 10.3. The molecule has 0 radical (unpaired) electrons. The second-order valence-electron chi connectivity index (χ2n) is 10.3. The van der Waals surface area contributed by atoms with Crippen LogP contribution in [-0.2, 0) is 9.53 Å². The Kier molecular flexibility index (Phi) is 3.35. The van der Waals surface area contributed by atoms with Gasteiger partial charge in [-0.2, -0.15) is 0 Å². The van der Waals surface area contributed by atoms with E-state index in [-0.39, 0.29) is 17.0 Å². The summed E-state index contributed by atoms with van der Waals surface area (Å²) in [5.74, 6) is 2.12. The molecule has 0 aromatic carbocycles. The fraction of sp³-hybridized carbons (Fsp3) is 0.950. The van der Waals surface area contributed by atoms with E-state index in [0.717, 1.165) is 18.3 Å². The van der Waals surface area contributed by atoms with Crippen LogP contribution >= 0.6 is 0 Å². The second kappa shape index (κ2) is 4.51. The molecule has 2 bridgehead atoms. The van der Waals surface area contributed by atoms with E-state index in [1.165, 1.54) is 25.7 Å². The molecule has 2 heteroatoms. The molecule has 0 aromatic rings. The van der Waals surface area contributed by atoms with Gasteiger partial charge in [-0.25, -0.2) is 0 Å². The Hall–Kier alpha value is -0.530. The number of carbonyl (C=O) groups is 1. The van der Waals surface area contributed by atoms with E-state index in [4.69, 9.17) is 4.74 Å². The molecule has 3 fully saturated rings. The lowest BCUT2D eigenvalue weighted by molar-refractivity contribution is -0.183. The lowest BCUT2D eigenvalue weighted by Gasteiger charge is -2.47. The monoisotopic (exact) mass is 306 g/mol. The summed E-state index contributed by atoms with van der Waals surface area (Å²) in [4.78, 5) is 12.5. The standard InChI is InChI=1S/C20H34O2/c1-13-8-9-14-18(5,6)15-12-20(13,14)11-10-19(15,7)22-16(21)17(2,3)4/h13-15H,8-12H2,1-7H3. The molecule has 3 rings (SSSR count). The summed E-state index contributed by atoms with van der Waals surface area (Å²) in [6.45, 7) is 15.4. The van der Waals surface area contributed by atoms with E-state index in [0.29, 0.717) is 11.3 Å². The SMILES string of the molecule is CC1CCC2C(C)(C)C3CC12CCC3(C)OC(=O)C(C)(C)C. The minimum absolute atomic E-state index is 0.0353. The van der Waals surface area contributed by atoms with E-state index >= 15 is 0 Å². The molecule has 0 aromatic heterocycles. The predicted octanol–water partition coefficient (Wildman–Crippen LogP) is 5.21. The van der Waals surface area contributed by atoms with Crippen molar-refractivity contribution in [2.24, 2.45) is 34.0 Å². The van der Waals surface area contributed by atoms with Crippen LogP contribution in [-0.4, -0.2) is 11.6 Å². The van der Waals surface area contributed by atoms with E-state index in [1.807, 2.05) is 20.8 Å². The van der Waals surface area contributed by atoms with Gasteiger partial charge in [0.15, 0.2) is 0 Å². The largest absolute Gasteiger partial charge is 0.459 e. The van der Waals surface area contributed by atoms with Gasteiger partial charge in [-0.3, -0.25) is 4.79 Å². The summed E-state index contributed by atoms with van der Waals surface area (Å²) >= 11 is 0. The molecule has 126 valence electrons. The highest BCUT2D eigenvalue weighted by molar-refractivity contribution is 5.75. The number of hydrogen-bond donors (Lipinski definition) is 0. The quantitative estimate of drug-likeness (QED) is 0.622. The minimum atomic E-state index is -0.413. The molecule has 3 saturated carbocycles. The van der Waals surface area contributed by atoms with Crippen molar-refractivity contribution < 1.29 is 9.53 Å². The maximum atomic E-state index is 12.5. The number of esters is 1. The van der Waals surface area contributed by atoms with Gasteiger partial charge in [-0.1, -0.05) is 20.8 Å². The van der Waals surface area contributed by atoms with Crippen molar-refractivity contribution in [2.75, 3.05) is 0 Å². The van der Waals surface area contributed by atoms with E-state index < -0.39 is 5.41 Å². The van der Waals surface area contributed by atoms with E-state index in [9.17, 15) is 4.79 Å². The van der Waals surface area contributed by atoms with Gasteiger partial charge < -0.3 is 4.74 Å². The average molecular weight is 306 g/mol. The third kappa shape index (κ3) is 2.01. The first-order chi connectivity index (χ1) is 9.93. The molecule has 0 amide bonds. The van der Waals surface area contributed by atoms with Crippen LogP contribution in [0, 0.1) is 34.0 Å². The fourth-order valence-electron chi connectivity index (χ4n) is 6.34. The maximum Gasteiger partial charge on any atom is 0.311 e. The lowest BCUT2D eigenvalue weighted by Crippen LogP contribution is -2.49. The number of ether oxygens (including phenoxy) is 1. The average Bonchev–Trinajstić information content (AvgIpc) is 2.79. The smallest absolute Gasteiger partial charge is 0.311 e. The molecule has 0 heterocycles. The highest BCUT2D eigenvalue weighted by Gasteiger charge is 2.69. The van der Waals surface area contributed by atoms with Crippen molar-refractivity contribution in [3.05, 3.63) is 0 Å². The third-order valence-electron chi connectivity index (χ3n) is 7.71. The van der Waals surface area contributed by atoms with Crippen LogP contribution in [0.3, 0.4) is 0 Å². The van der Waals surface area contributed by atoms with Gasteiger partial charge in [0.25, 0.3) is 0 Å². The van der Waals surface area contributed by atoms with Gasteiger partial charge >= 0.3 is 5.97 Å². The molecule has 0 saturated heterocycles. The third-order valence-corrected chi connectivity index (χ3v) is 7.71. The Labute approximate surface area is 136 Å². The molecular weight excluding hydrogens is 272 g/mol. The van der Waals surface area contributed by atoms with Crippen LogP contribution in [0.25, 0.3) is 0 Å². The lowest BCUT2D eigenvalue weighted by atomic mass is 9.64. The molecular formula is C20H34O2. The topological polar surface area (TPSA) is 26.3 Å². The van der Waals surface area contributed by atoms with Crippen LogP contribution in [0.2, 0.25) is 0 Å². The van der Waals surface area contributed by atoms with Crippen molar-refractivity contribution in [1.82, 2.24) is 0 Å². The number of carbonyl (C=O) groups excluding carboxylic acids is 1. The van der Waals surface area contributed by atoms with Crippen molar-refractivity contribution in [3.63, 3.8) is 0 Å². The van der Waals surface area contributed by atoms with Crippen LogP contribution in [0.4, 0.5) is 0 Å². The zero-order valence-corrected chi connectivity index (χ0v) is 15.6. The Morgan fingerprint density at radius 3 is 2.27 bits per heavy atom. The van der Waals surface area contributed by atoms with Crippen molar-refractivity contribution in [3.8, 4) is 0 Å². The fourth-order valence-corrected chi connectivity index (χ4v) is 6.34. The molecule has 3 aliphatic rings. The minimum Gasteiger partial charge on any atom is -0.459 e. The van der Waals surface area contributed by atoms with Gasteiger partial charge in [0.1, 0.15) is 5.60 Å². The molecule has 22 heavy (non-hydrogen) atoms. The Bertz CT molecular complexity index is 486. The number of fused-ring (bicyclic) bond motifs is 1. The number of rotatable bonds is 1. The van der Waals surface area contributed by atoms with Gasteiger partial charge in [0.2, 0.25) is 0 Å². The first-order valence-electron chi connectivity index (χ1n) is 9.17. The maximum absolute atomic E-state index is 12.5. The van der Waals surface area contributed by atoms with Crippen LogP contribution in [0.1, 0.15) is 80.6 Å². The Morgan fingerprint density at radius 1 is 1.05 bits per heavy atom. The predicted molar refractivity (Wildman–Crippen MR) is 89.4 cm³/mol. The first-order valence-corrected chi connectivity index (χ1v) is 9.17. The summed E-state index contributed by atoms with van der Waals surface area (Å²) in [5.41, 5.74) is 0.128. The molecule has 1 spiro atoms. The van der Waals surface area contributed by atoms with Crippen molar-refractivity contribution in [2.45, 2.75) is 86.2 Å². The summed E-state index contributed by atoms with van der Waals surface area (Å²) in [5, 5.41) is 0.